The molecule has 0 heterocycles. The van der Waals surface area contributed by atoms with Crippen LogP contribution in [0.4, 0.5) is 0 Å². The third-order valence-corrected chi connectivity index (χ3v) is 3.49. The highest BCUT2D eigenvalue weighted by atomic mass is 16.5. The first-order valence-corrected chi connectivity index (χ1v) is 7.93. The van der Waals surface area contributed by atoms with Crippen LogP contribution in [-0.4, -0.2) is 32.0 Å². The quantitative estimate of drug-likeness (QED) is 0.768. The van der Waals surface area contributed by atoms with E-state index < -0.39 is 0 Å². The molecule has 2 aromatic rings. The number of methoxy groups -OCH3 is 1. The van der Waals surface area contributed by atoms with Crippen LogP contribution >= 0.6 is 0 Å². The number of hydrogen-bond donors (Lipinski definition) is 2. The van der Waals surface area contributed by atoms with Gasteiger partial charge in [0.2, 0.25) is 11.8 Å². The summed E-state index contributed by atoms with van der Waals surface area (Å²) in [5, 5.41) is 7.40. The topological polar surface area (TPSA) is 67.4 Å². The van der Waals surface area contributed by atoms with Gasteiger partial charge in [-0.3, -0.25) is 9.59 Å². The summed E-state index contributed by atoms with van der Waals surface area (Å²) in [5.41, 5.74) is 0.915. The summed E-state index contributed by atoms with van der Waals surface area (Å²) in [7, 11) is 1.64. The van der Waals surface area contributed by atoms with Crippen molar-refractivity contribution in [1.29, 1.82) is 0 Å². The van der Waals surface area contributed by atoms with Gasteiger partial charge < -0.3 is 15.4 Å². The lowest BCUT2D eigenvalue weighted by atomic mass is 10.1. The van der Waals surface area contributed by atoms with Gasteiger partial charge in [-0.2, -0.15) is 0 Å². The fraction of sp³-hybridized carbons (Fsp3) is 0.263. The third kappa shape index (κ3) is 5.12. The first kappa shape index (κ1) is 17.5. The Morgan fingerprint density at radius 1 is 1.08 bits per heavy atom. The van der Waals surface area contributed by atoms with E-state index in [1.165, 1.54) is 6.08 Å². The van der Waals surface area contributed by atoms with Gasteiger partial charge in [0.15, 0.2) is 0 Å². The van der Waals surface area contributed by atoms with Gasteiger partial charge in [-0.25, -0.2) is 0 Å². The van der Waals surface area contributed by atoms with E-state index in [4.69, 9.17) is 4.74 Å². The van der Waals surface area contributed by atoms with E-state index in [0.717, 1.165) is 28.5 Å². The average Bonchev–Trinajstić information content (AvgIpc) is 2.62. The van der Waals surface area contributed by atoms with Gasteiger partial charge in [-0.15, -0.1) is 0 Å². The molecular formula is C19H22N2O3. The lowest BCUT2D eigenvalue weighted by molar-refractivity contribution is -0.123. The maximum absolute atomic E-state index is 11.7. The zero-order chi connectivity index (χ0) is 17.4. The molecule has 126 valence electrons. The standard InChI is InChI=1S/C19H22N2O3/c1-3-10-20-19(23)13-21-18(22)9-5-14-4-6-16-12-17(24-2)8-7-15(16)11-14/h4-9,11-12H,3,10,13H2,1-2H3,(H,20,23)(H,21,22)/b9-5+. The van der Waals surface area contributed by atoms with Gasteiger partial charge in [-0.05, 0) is 47.0 Å². The maximum atomic E-state index is 11.7. The van der Waals surface area contributed by atoms with Crippen molar-refractivity contribution in [2.45, 2.75) is 13.3 Å². The zero-order valence-electron chi connectivity index (χ0n) is 14.0. The van der Waals surface area contributed by atoms with Crippen molar-refractivity contribution in [3.63, 3.8) is 0 Å². The predicted molar refractivity (Wildman–Crippen MR) is 95.8 cm³/mol. The molecule has 2 amide bonds. The van der Waals surface area contributed by atoms with Crippen LogP contribution in [-0.2, 0) is 9.59 Å². The molecule has 24 heavy (non-hydrogen) atoms. The van der Waals surface area contributed by atoms with Crippen molar-refractivity contribution in [3.8, 4) is 5.75 Å². The van der Waals surface area contributed by atoms with Crippen molar-refractivity contribution in [3.05, 3.63) is 48.0 Å². The molecule has 2 aromatic carbocycles. The van der Waals surface area contributed by atoms with E-state index in [2.05, 4.69) is 10.6 Å². The molecule has 0 saturated heterocycles. The Bertz CT molecular complexity index is 753. The van der Waals surface area contributed by atoms with Gasteiger partial charge in [0.1, 0.15) is 5.75 Å². The number of benzene rings is 2. The molecule has 0 atom stereocenters. The van der Waals surface area contributed by atoms with Crippen LogP contribution in [0.25, 0.3) is 16.8 Å². The Kier molecular flexibility index (Phi) is 6.37. The Morgan fingerprint density at radius 3 is 2.58 bits per heavy atom. The van der Waals surface area contributed by atoms with E-state index in [9.17, 15) is 9.59 Å². The minimum atomic E-state index is -0.295. The van der Waals surface area contributed by atoms with E-state index >= 15 is 0 Å². The Hall–Kier alpha value is -2.82. The molecule has 2 rings (SSSR count). The molecule has 0 aliphatic carbocycles. The second-order valence-electron chi connectivity index (χ2n) is 5.37. The first-order chi connectivity index (χ1) is 11.6. The van der Waals surface area contributed by atoms with E-state index in [0.29, 0.717) is 6.54 Å². The summed E-state index contributed by atoms with van der Waals surface area (Å²) in [6.45, 7) is 2.58. The van der Waals surface area contributed by atoms with Crippen molar-refractivity contribution < 1.29 is 14.3 Å². The minimum absolute atomic E-state index is 0.0132. The zero-order valence-corrected chi connectivity index (χ0v) is 14.0. The Morgan fingerprint density at radius 2 is 1.83 bits per heavy atom. The second-order valence-corrected chi connectivity index (χ2v) is 5.37. The van der Waals surface area contributed by atoms with Crippen LogP contribution in [0.2, 0.25) is 0 Å². The maximum Gasteiger partial charge on any atom is 0.244 e. The smallest absolute Gasteiger partial charge is 0.244 e. The predicted octanol–water partition coefficient (Wildman–Crippen LogP) is 2.50. The molecule has 0 aromatic heterocycles. The molecule has 0 aliphatic rings. The van der Waals surface area contributed by atoms with Crippen LogP contribution < -0.4 is 15.4 Å². The van der Waals surface area contributed by atoms with Gasteiger partial charge >= 0.3 is 0 Å². The summed E-state index contributed by atoms with van der Waals surface area (Å²) < 4.78 is 5.20. The van der Waals surface area contributed by atoms with E-state index in [-0.39, 0.29) is 18.4 Å². The van der Waals surface area contributed by atoms with E-state index in [1.54, 1.807) is 13.2 Å². The molecule has 0 radical (unpaired) electrons. The molecule has 0 spiro atoms. The number of fused-ring (bicyclic) bond motifs is 1. The van der Waals surface area contributed by atoms with Crippen LogP contribution in [0.3, 0.4) is 0 Å². The third-order valence-electron chi connectivity index (χ3n) is 3.49. The lowest BCUT2D eigenvalue weighted by Gasteiger charge is -2.04. The summed E-state index contributed by atoms with van der Waals surface area (Å²) in [6, 6.07) is 11.7. The molecule has 0 bridgehead atoms. The summed E-state index contributed by atoms with van der Waals surface area (Å²) in [4.78, 5) is 23.2. The minimum Gasteiger partial charge on any atom is -0.497 e. The highest BCUT2D eigenvalue weighted by Gasteiger charge is 2.02. The molecule has 5 heteroatoms. The van der Waals surface area contributed by atoms with E-state index in [1.807, 2.05) is 43.3 Å². The summed E-state index contributed by atoms with van der Waals surface area (Å²) >= 11 is 0. The largest absolute Gasteiger partial charge is 0.497 e. The van der Waals surface area contributed by atoms with Crippen LogP contribution in [0.15, 0.2) is 42.5 Å². The second kappa shape index (κ2) is 8.72. The number of rotatable bonds is 7. The number of nitrogens with one attached hydrogen (secondary N) is 2. The molecule has 5 nitrogen and oxygen atoms in total. The Labute approximate surface area is 141 Å². The molecule has 0 aliphatic heterocycles. The van der Waals surface area contributed by atoms with Gasteiger partial charge in [0.25, 0.3) is 0 Å². The van der Waals surface area contributed by atoms with Crippen molar-refractivity contribution in [2.75, 3.05) is 20.2 Å². The summed E-state index contributed by atoms with van der Waals surface area (Å²) in [5.74, 6) is 0.334. The fourth-order valence-corrected chi connectivity index (χ4v) is 2.20. The van der Waals surface area contributed by atoms with Gasteiger partial charge in [-0.1, -0.05) is 25.1 Å². The van der Waals surface area contributed by atoms with Crippen LogP contribution in [0.1, 0.15) is 18.9 Å². The number of carbonyl (C=O) groups excluding carboxylic acids is 2. The Balaban J connectivity index is 1.94. The SMILES string of the molecule is CCCNC(=O)CNC(=O)/C=C/c1ccc2cc(OC)ccc2c1. The summed E-state index contributed by atoms with van der Waals surface area (Å²) in [6.07, 6.45) is 4.02. The van der Waals surface area contributed by atoms with Crippen molar-refractivity contribution >= 4 is 28.7 Å². The number of carbonyl (C=O) groups is 2. The first-order valence-electron chi connectivity index (χ1n) is 7.93. The molecule has 2 N–H and O–H groups in total. The normalized spacial score (nSPS) is 10.8. The molecule has 0 fully saturated rings. The van der Waals surface area contributed by atoms with Gasteiger partial charge in [0.05, 0.1) is 13.7 Å². The lowest BCUT2D eigenvalue weighted by Crippen LogP contribution is -2.36. The molecule has 0 unspecified atom stereocenters. The molecule has 0 saturated carbocycles. The fourth-order valence-electron chi connectivity index (χ4n) is 2.20. The van der Waals surface area contributed by atoms with Crippen molar-refractivity contribution in [1.82, 2.24) is 10.6 Å². The monoisotopic (exact) mass is 326 g/mol. The highest BCUT2D eigenvalue weighted by Crippen LogP contribution is 2.22. The number of amides is 2. The van der Waals surface area contributed by atoms with Gasteiger partial charge in [0, 0.05) is 12.6 Å². The number of hydrogen-bond acceptors (Lipinski definition) is 3. The van der Waals surface area contributed by atoms with Crippen LogP contribution in [0.5, 0.6) is 5.75 Å². The van der Waals surface area contributed by atoms with Crippen molar-refractivity contribution in [2.24, 2.45) is 0 Å². The number of ether oxygens (including phenoxy) is 1. The average molecular weight is 326 g/mol. The highest BCUT2D eigenvalue weighted by molar-refractivity contribution is 5.95. The molecular weight excluding hydrogens is 304 g/mol. The van der Waals surface area contributed by atoms with Crippen LogP contribution in [0, 0.1) is 0 Å².